The Hall–Kier alpha value is -3.69. The molecule has 2 aromatic carbocycles. The summed E-state index contributed by atoms with van der Waals surface area (Å²) in [7, 11) is 0. The summed E-state index contributed by atoms with van der Waals surface area (Å²) in [6.07, 6.45) is 3.01. The van der Waals surface area contributed by atoms with Crippen LogP contribution in [0.15, 0.2) is 77.2 Å². The second-order valence-corrected chi connectivity index (χ2v) is 5.76. The van der Waals surface area contributed by atoms with Gasteiger partial charge in [-0.1, -0.05) is 48.5 Å². The predicted octanol–water partition coefficient (Wildman–Crippen LogP) is 2.99. The molecule has 3 aromatic rings. The number of nitrogens with zero attached hydrogens (tertiary/aromatic N) is 3. The SMILES string of the molecule is N#CC1=C(/N=C/NN)Oc2c(ccc3cccnc23)C1c1ccccc1. The summed E-state index contributed by atoms with van der Waals surface area (Å²) in [5, 5.41) is 10.8. The number of nitrogens with one attached hydrogen (secondary N) is 1. The Labute approximate surface area is 150 Å². The molecule has 6 heteroatoms. The van der Waals surface area contributed by atoms with Crippen molar-refractivity contribution in [3.8, 4) is 11.8 Å². The zero-order valence-corrected chi connectivity index (χ0v) is 13.8. The minimum atomic E-state index is -0.290. The predicted molar refractivity (Wildman–Crippen MR) is 99.1 cm³/mol. The van der Waals surface area contributed by atoms with E-state index in [1.807, 2.05) is 54.6 Å². The number of allylic oxidation sites excluding steroid dienone is 1. The van der Waals surface area contributed by atoms with Gasteiger partial charge in [-0.25, -0.2) is 10.8 Å². The van der Waals surface area contributed by atoms with Crippen LogP contribution in [0.3, 0.4) is 0 Å². The lowest BCUT2D eigenvalue weighted by molar-refractivity contribution is 0.399. The van der Waals surface area contributed by atoms with Crippen molar-refractivity contribution in [2.24, 2.45) is 10.8 Å². The number of hydrogen-bond donors (Lipinski definition) is 2. The van der Waals surface area contributed by atoms with E-state index in [1.165, 1.54) is 6.34 Å². The number of benzene rings is 2. The van der Waals surface area contributed by atoms with Gasteiger partial charge in [0.1, 0.15) is 23.5 Å². The molecule has 0 radical (unpaired) electrons. The zero-order chi connectivity index (χ0) is 17.9. The Balaban J connectivity index is 2.01. The molecule has 1 aliphatic rings. The van der Waals surface area contributed by atoms with Gasteiger partial charge in [0.05, 0.1) is 5.92 Å². The van der Waals surface area contributed by atoms with E-state index in [4.69, 9.17) is 10.6 Å². The number of nitrogens with two attached hydrogens (primary N) is 1. The van der Waals surface area contributed by atoms with Gasteiger partial charge in [-0.3, -0.25) is 4.98 Å². The average Bonchev–Trinajstić information content (AvgIpc) is 2.71. The Kier molecular flexibility index (Phi) is 4.06. The summed E-state index contributed by atoms with van der Waals surface area (Å²) in [6.45, 7) is 0. The molecule has 0 saturated heterocycles. The van der Waals surface area contributed by atoms with E-state index in [9.17, 15) is 5.26 Å². The highest BCUT2D eigenvalue weighted by Gasteiger charge is 2.32. The van der Waals surface area contributed by atoms with Gasteiger partial charge in [-0.2, -0.15) is 5.26 Å². The van der Waals surface area contributed by atoms with Gasteiger partial charge >= 0.3 is 0 Å². The van der Waals surface area contributed by atoms with E-state index in [2.05, 4.69) is 21.5 Å². The summed E-state index contributed by atoms with van der Waals surface area (Å²) in [5.74, 6) is 5.82. The van der Waals surface area contributed by atoms with Crippen LogP contribution in [0.2, 0.25) is 0 Å². The molecule has 0 saturated carbocycles. The first-order valence-corrected chi connectivity index (χ1v) is 8.07. The Morgan fingerprint density at radius 3 is 2.77 bits per heavy atom. The minimum absolute atomic E-state index is 0.213. The number of hydrogen-bond acceptors (Lipinski definition) is 5. The molecule has 6 nitrogen and oxygen atoms in total. The molecule has 1 aromatic heterocycles. The molecule has 0 fully saturated rings. The van der Waals surface area contributed by atoms with Gasteiger partial charge in [0.25, 0.3) is 0 Å². The molecule has 1 unspecified atom stereocenters. The zero-order valence-electron chi connectivity index (χ0n) is 13.8. The van der Waals surface area contributed by atoms with Crippen LogP contribution in [0.25, 0.3) is 10.9 Å². The fraction of sp³-hybridized carbons (Fsp3) is 0.0500. The second kappa shape index (κ2) is 6.67. The number of aliphatic imine (C=N–C) groups is 1. The topological polar surface area (TPSA) is 96.3 Å². The maximum Gasteiger partial charge on any atom is 0.235 e. The lowest BCUT2D eigenvalue weighted by Gasteiger charge is -2.27. The quantitative estimate of drug-likeness (QED) is 0.330. The third-order valence-electron chi connectivity index (χ3n) is 4.30. The van der Waals surface area contributed by atoms with Crippen molar-refractivity contribution in [1.29, 1.82) is 5.26 Å². The average molecular weight is 341 g/mol. The smallest absolute Gasteiger partial charge is 0.235 e. The van der Waals surface area contributed by atoms with Gasteiger partial charge in [-0.15, -0.1) is 0 Å². The summed E-state index contributed by atoms with van der Waals surface area (Å²) >= 11 is 0. The third kappa shape index (κ3) is 2.57. The molecule has 4 rings (SSSR count). The monoisotopic (exact) mass is 341 g/mol. The Morgan fingerprint density at radius 2 is 2.00 bits per heavy atom. The van der Waals surface area contributed by atoms with Gasteiger partial charge in [0, 0.05) is 17.1 Å². The first kappa shape index (κ1) is 15.8. The van der Waals surface area contributed by atoms with Crippen LogP contribution in [0.5, 0.6) is 5.75 Å². The number of aromatic nitrogens is 1. The summed E-state index contributed by atoms with van der Waals surface area (Å²) in [4.78, 5) is 8.65. The highest BCUT2D eigenvalue weighted by Crippen LogP contribution is 2.45. The molecule has 0 spiro atoms. The van der Waals surface area contributed by atoms with Gasteiger partial charge < -0.3 is 10.2 Å². The summed E-state index contributed by atoms with van der Waals surface area (Å²) < 4.78 is 6.00. The maximum atomic E-state index is 9.80. The van der Waals surface area contributed by atoms with E-state index in [-0.39, 0.29) is 11.8 Å². The fourth-order valence-corrected chi connectivity index (χ4v) is 3.20. The number of pyridine rings is 1. The molecule has 26 heavy (non-hydrogen) atoms. The van der Waals surface area contributed by atoms with Crippen LogP contribution in [0.4, 0.5) is 0 Å². The van der Waals surface area contributed by atoms with E-state index in [1.54, 1.807) is 6.20 Å². The van der Waals surface area contributed by atoms with E-state index < -0.39 is 0 Å². The Bertz CT molecular complexity index is 1070. The number of hydrazine groups is 1. The van der Waals surface area contributed by atoms with Gasteiger partial charge in [0.2, 0.25) is 5.88 Å². The number of fused-ring (bicyclic) bond motifs is 3. The highest BCUT2D eigenvalue weighted by molar-refractivity contribution is 5.87. The number of rotatable bonds is 3. The minimum Gasteiger partial charge on any atom is -0.435 e. The molecule has 3 N–H and O–H groups in total. The lowest BCUT2D eigenvalue weighted by atomic mass is 9.83. The van der Waals surface area contributed by atoms with Crippen LogP contribution in [0.1, 0.15) is 17.0 Å². The number of ether oxygens (including phenoxy) is 1. The second-order valence-electron chi connectivity index (χ2n) is 5.76. The van der Waals surface area contributed by atoms with E-state index >= 15 is 0 Å². The van der Waals surface area contributed by atoms with Crippen molar-refractivity contribution in [3.05, 3.63) is 83.4 Å². The molecule has 126 valence electrons. The normalized spacial score (nSPS) is 16.2. The van der Waals surface area contributed by atoms with E-state index in [0.717, 1.165) is 22.0 Å². The van der Waals surface area contributed by atoms with Crippen molar-refractivity contribution in [2.45, 2.75) is 5.92 Å². The molecule has 2 heterocycles. The molecule has 0 aliphatic carbocycles. The molecule has 1 atom stereocenters. The number of nitriles is 1. The first-order chi connectivity index (χ1) is 12.8. The van der Waals surface area contributed by atoms with Crippen LogP contribution in [0, 0.1) is 11.3 Å². The summed E-state index contributed by atoms with van der Waals surface area (Å²) in [5.41, 5.74) is 5.37. The van der Waals surface area contributed by atoms with E-state index in [0.29, 0.717) is 11.3 Å². The van der Waals surface area contributed by atoms with Crippen molar-refractivity contribution >= 4 is 17.2 Å². The first-order valence-electron chi connectivity index (χ1n) is 8.07. The lowest BCUT2D eigenvalue weighted by Crippen LogP contribution is -2.21. The molecular formula is C20H15N5O. The standard InChI is InChI=1S/C20H15N5O/c21-11-16-17(13-5-2-1-3-6-13)15-9-8-14-7-4-10-23-18(14)19(15)26-20(16)24-12-25-22/h1-10,12,17H,22H2,(H,24,25). The van der Waals surface area contributed by atoms with Crippen LogP contribution in [-0.2, 0) is 0 Å². The molecule has 1 aliphatic heterocycles. The van der Waals surface area contributed by atoms with Crippen molar-refractivity contribution in [2.75, 3.05) is 0 Å². The molecule has 0 amide bonds. The largest absolute Gasteiger partial charge is 0.435 e. The third-order valence-corrected chi connectivity index (χ3v) is 4.30. The Morgan fingerprint density at radius 1 is 1.15 bits per heavy atom. The van der Waals surface area contributed by atoms with Crippen molar-refractivity contribution in [3.63, 3.8) is 0 Å². The molecule has 0 bridgehead atoms. The van der Waals surface area contributed by atoms with Crippen LogP contribution < -0.4 is 16.0 Å². The highest BCUT2D eigenvalue weighted by atomic mass is 16.5. The van der Waals surface area contributed by atoms with Gasteiger partial charge in [0.15, 0.2) is 5.75 Å². The van der Waals surface area contributed by atoms with Crippen LogP contribution >= 0.6 is 0 Å². The maximum absolute atomic E-state index is 9.80. The summed E-state index contributed by atoms with van der Waals surface area (Å²) in [6, 6.07) is 19.9. The van der Waals surface area contributed by atoms with Gasteiger partial charge in [-0.05, 0) is 11.6 Å². The van der Waals surface area contributed by atoms with Crippen molar-refractivity contribution in [1.82, 2.24) is 10.4 Å². The van der Waals surface area contributed by atoms with Crippen molar-refractivity contribution < 1.29 is 4.74 Å². The fourth-order valence-electron chi connectivity index (χ4n) is 3.20. The van der Waals surface area contributed by atoms with Crippen LogP contribution in [-0.4, -0.2) is 11.3 Å². The molecular weight excluding hydrogens is 326 g/mol.